The summed E-state index contributed by atoms with van der Waals surface area (Å²) in [6, 6.07) is 5.90. The first kappa shape index (κ1) is 21.3. The molecule has 10 nitrogen and oxygen atoms in total. The van der Waals surface area contributed by atoms with Gasteiger partial charge in [-0.15, -0.1) is 0 Å². The summed E-state index contributed by atoms with van der Waals surface area (Å²) in [7, 11) is 3.65. The second-order valence-electron chi connectivity index (χ2n) is 9.68. The monoisotopic (exact) mass is 482 g/mol. The van der Waals surface area contributed by atoms with Crippen LogP contribution in [0.2, 0.25) is 0 Å². The summed E-state index contributed by atoms with van der Waals surface area (Å²) in [5, 5.41) is 5.70. The van der Waals surface area contributed by atoms with E-state index in [-0.39, 0.29) is 5.60 Å². The van der Waals surface area contributed by atoms with Crippen LogP contribution in [0.25, 0.3) is 39.0 Å². The van der Waals surface area contributed by atoms with Crippen molar-refractivity contribution < 1.29 is 9.47 Å². The van der Waals surface area contributed by atoms with Crippen LogP contribution in [0.15, 0.2) is 43.1 Å². The highest BCUT2D eigenvalue weighted by Gasteiger charge is 2.47. The Bertz CT molecular complexity index is 1620. The minimum absolute atomic E-state index is 0.0301. The van der Waals surface area contributed by atoms with Gasteiger partial charge in [-0.1, -0.05) is 0 Å². The Morgan fingerprint density at radius 3 is 2.81 bits per heavy atom. The molecule has 2 aliphatic rings. The molecule has 0 radical (unpaired) electrons. The molecule has 2 fully saturated rings. The maximum atomic E-state index is 6.06. The lowest BCUT2D eigenvalue weighted by atomic mass is 9.91. The molecule has 36 heavy (non-hydrogen) atoms. The number of ether oxygens (including phenoxy) is 2. The van der Waals surface area contributed by atoms with Crippen molar-refractivity contribution in [1.82, 2.24) is 34.3 Å². The zero-order valence-corrected chi connectivity index (χ0v) is 20.5. The number of rotatable bonds is 4. The standard InChI is InChI=1S/C26H26N8O2/c1-16-17-12-29-34(20(17)9-19(30-16)18-11-27-7-5-22(18)35-3)23-10-21-24(28-15-32(21)2)25(31-23)33-13-26(14-33)6-4-8-36-26/h5,7,9-12,15H,4,6,8,13-14H2,1-3H3. The van der Waals surface area contributed by atoms with Crippen molar-refractivity contribution >= 4 is 27.8 Å². The highest BCUT2D eigenvalue weighted by Crippen LogP contribution is 2.40. The number of pyridine rings is 3. The van der Waals surface area contributed by atoms with Crippen LogP contribution < -0.4 is 9.64 Å². The summed E-state index contributed by atoms with van der Waals surface area (Å²) in [5.41, 5.74) is 5.27. The van der Waals surface area contributed by atoms with E-state index in [1.165, 1.54) is 0 Å². The molecule has 0 amide bonds. The van der Waals surface area contributed by atoms with Gasteiger partial charge in [-0.3, -0.25) is 9.97 Å². The predicted octanol–water partition coefficient (Wildman–Crippen LogP) is 3.45. The van der Waals surface area contributed by atoms with Crippen LogP contribution in [0, 0.1) is 6.92 Å². The minimum Gasteiger partial charge on any atom is -0.496 e. The second kappa shape index (κ2) is 7.72. The number of hydrogen-bond acceptors (Lipinski definition) is 8. The van der Waals surface area contributed by atoms with Gasteiger partial charge in [0, 0.05) is 43.2 Å². The molecule has 0 bridgehead atoms. The van der Waals surface area contributed by atoms with Gasteiger partial charge in [-0.25, -0.2) is 14.6 Å². The highest BCUT2D eigenvalue weighted by atomic mass is 16.5. The number of nitrogens with zero attached hydrogens (tertiary/aromatic N) is 8. The van der Waals surface area contributed by atoms with Gasteiger partial charge in [0.25, 0.3) is 0 Å². The maximum absolute atomic E-state index is 6.06. The molecule has 2 saturated heterocycles. The number of imidazole rings is 1. The summed E-state index contributed by atoms with van der Waals surface area (Å²) < 4.78 is 15.5. The van der Waals surface area contributed by atoms with Gasteiger partial charge in [0.05, 0.1) is 55.0 Å². The molecule has 5 aromatic rings. The first-order valence-electron chi connectivity index (χ1n) is 12.1. The lowest BCUT2D eigenvalue weighted by molar-refractivity contribution is -0.0182. The van der Waals surface area contributed by atoms with E-state index in [1.807, 2.05) is 53.9 Å². The average molecular weight is 483 g/mol. The number of hydrogen-bond donors (Lipinski definition) is 0. The van der Waals surface area contributed by atoms with Crippen LogP contribution in [0.5, 0.6) is 5.75 Å². The summed E-state index contributed by atoms with van der Waals surface area (Å²) >= 11 is 0. The Morgan fingerprint density at radius 1 is 1.11 bits per heavy atom. The molecule has 7 heterocycles. The number of aromatic nitrogens is 7. The van der Waals surface area contributed by atoms with E-state index in [0.717, 1.165) is 88.8 Å². The van der Waals surface area contributed by atoms with E-state index in [0.29, 0.717) is 0 Å². The largest absolute Gasteiger partial charge is 0.496 e. The Balaban J connectivity index is 1.38. The van der Waals surface area contributed by atoms with E-state index in [1.54, 1.807) is 19.5 Å². The zero-order chi connectivity index (χ0) is 24.4. The minimum atomic E-state index is -0.0301. The smallest absolute Gasteiger partial charge is 0.159 e. The Morgan fingerprint density at radius 2 is 2.00 bits per heavy atom. The normalized spacial score (nSPS) is 16.8. The first-order valence-corrected chi connectivity index (χ1v) is 12.1. The van der Waals surface area contributed by atoms with Crippen LogP contribution in [-0.4, -0.2) is 66.7 Å². The quantitative estimate of drug-likeness (QED) is 0.384. The number of aryl methyl sites for hydroxylation is 2. The summed E-state index contributed by atoms with van der Waals surface area (Å²) in [6.07, 6.45) is 9.40. The number of methoxy groups -OCH3 is 1. The van der Waals surface area contributed by atoms with Crippen LogP contribution in [0.4, 0.5) is 5.82 Å². The predicted molar refractivity (Wildman–Crippen MR) is 136 cm³/mol. The van der Waals surface area contributed by atoms with Gasteiger partial charge in [0.15, 0.2) is 11.6 Å². The van der Waals surface area contributed by atoms with E-state index >= 15 is 0 Å². The van der Waals surface area contributed by atoms with Crippen molar-refractivity contribution in [3.63, 3.8) is 0 Å². The molecule has 0 aromatic carbocycles. The Hall–Kier alpha value is -4.05. The van der Waals surface area contributed by atoms with Gasteiger partial charge in [0.1, 0.15) is 16.9 Å². The zero-order valence-electron chi connectivity index (χ0n) is 20.5. The molecule has 7 rings (SSSR count). The van der Waals surface area contributed by atoms with Crippen LogP contribution in [0.3, 0.4) is 0 Å². The van der Waals surface area contributed by atoms with Gasteiger partial charge >= 0.3 is 0 Å². The van der Waals surface area contributed by atoms with Crippen LogP contribution in [0.1, 0.15) is 18.5 Å². The molecule has 10 heteroatoms. The SMILES string of the molecule is COc1ccncc1-c1cc2c(cnn2-c2cc3c(ncn3C)c(N3CC4(CCCO4)C3)n2)c(C)n1. The lowest BCUT2D eigenvalue weighted by Gasteiger charge is -2.47. The van der Waals surface area contributed by atoms with Crippen molar-refractivity contribution in [2.45, 2.75) is 25.4 Å². The Kier molecular flexibility index (Phi) is 4.56. The van der Waals surface area contributed by atoms with Crippen LogP contribution in [-0.2, 0) is 11.8 Å². The van der Waals surface area contributed by atoms with Crippen molar-refractivity contribution in [2.75, 3.05) is 31.7 Å². The summed E-state index contributed by atoms with van der Waals surface area (Å²) in [5.74, 6) is 2.33. The highest BCUT2D eigenvalue weighted by molar-refractivity contribution is 5.90. The fourth-order valence-electron chi connectivity index (χ4n) is 5.48. The first-order chi connectivity index (χ1) is 17.5. The molecule has 182 valence electrons. The molecule has 0 unspecified atom stereocenters. The Labute approximate surface area is 207 Å². The molecule has 1 spiro atoms. The second-order valence-corrected chi connectivity index (χ2v) is 9.68. The molecule has 0 saturated carbocycles. The molecule has 0 aliphatic carbocycles. The molecule has 5 aromatic heterocycles. The molecule has 0 N–H and O–H groups in total. The van der Waals surface area contributed by atoms with Crippen molar-refractivity contribution in [1.29, 1.82) is 0 Å². The molecular weight excluding hydrogens is 456 g/mol. The number of fused-ring (bicyclic) bond motifs is 2. The topological polar surface area (TPSA) is 96.0 Å². The fraction of sp³-hybridized carbons (Fsp3) is 0.346. The maximum Gasteiger partial charge on any atom is 0.159 e. The third-order valence-electron chi connectivity index (χ3n) is 7.38. The van der Waals surface area contributed by atoms with Gasteiger partial charge in [-0.05, 0) is 31.9 Å². The number of anilines is 1. The van der Waals surface area contributed by atoms with Gasteiger partial charge < -0.3 is 18.9 Å². The van der Waals surface area contributed by atoms with Gasteiger partial charge in [0.2, 0.25) is 0 Å². The lowest BCUT2D eigenvalue weighted by Crippen LogP contribution is -2.62. The fourth-order valence-corrected chi connectivity index (χ4v) is 5.48. The van der Waals surface area contributed by atoms with Crippen LogP contribution >= 0.6 is 0 Å². The summed E-state index contributed by atoms with van der Waals surface area (Å²) in [4.78, 5) is 21.1. The van der Waals surface area contributed by atoms with Crippen molar-refractivity contribution in [2.24, 2.45) is 7.05 Å². The van der Waals surface area contributed by atoms with Gasteiger partial charge in [-0.2, -0.15) is 5.10 Å². The van der Waals surface area contributed by atoms with E-state index in [2.05, 4.69) is 14.9 Å². The third kappa shape index (κ3) is 3.10. The van der Waals surface area contributed by atoms with E-state index < -0.39 is 0 Å². The third-order valence-corrected chi connectivity index (χ3v) is 7.38. The molecule has 0 atom stereocenters. The molecular formula is C26H26N8O2. The molecule has 2 aliphatic heterocycles. The average Bonchev–Trinajstić information content (AvgIpc) is 3.62. The summed E-state index contributed by atoms with van der Waals surface area (Å²) in [6.45, 7) is 4.51. The van der Waals surface area contributed by atoms with E-state index in [4.69, 9.17) is 24.5 Å². The van der Waals surface area contributed by atoms with E-state index in [9.17, 15) is 0 Å². The van der Waals surface area contributed by atoms with Crippen molar-refractivity contribution in [3.8, 4) is 22.8 Å². The van der Waals surface area contributed by atoms with Crippen molar-refractivity contribution in [3.05, 3.63) is 48.8 Å².